The lowest BCUT2D eigenvalue weighted by atomic mass is 10.1. The van der Waals surface area contributed by atoms with Crippen molar-refractivity contribution in [2.24, 2.45) is 4.99 Å². The molecule has 8 heteroatoms. The van der Waals surface area contributed by atoms with Crippen molar-refractivity contribution in [3.05, 3.63) is 35.9 Å². The van der Waals surface area contributed by atoms with Crippen LogP contribution in [0.2, 0.25) is 0 Å². The van der Waals surface area contributed by atoms with Gasteiger partial charge in [-0.1, -0.05) is 12.1 Å². The highest BCUT2D eigenvalue weighted by molar-refractivity contribution is 8.00. The first kappa shape index (κ1) is 16.9. The van der Waals surface area contributed by atoms with Gasteiger partial charge in [-0.3, -0.25) is 5.32 Å². The number of carbonyl (C=O) groups excluding carboxylic acids is 1. The van der Waals surface area contributed by atoms with E-state index in [1.54, 1.807) is 37.9 Å². The number of aliphatic imine (C=N–C) groups is 1. The smallest absolute Gasteiger partial charge is 0.412 e. The Morgan fingerprint density at radius 3 is 3.08 bits per heavy atom. The molecule has 128 valence electrons. The lowest BCUT2D eigenvalue weighted by Gasteiger charge is -2.17. The molecule has 0 fully saturated rings. The van der Waals surface area contributed by atoms with Crippen LogP contribution in [0, 0.1) is 12.1 Å². The number of nitrogen functional groups attached to an aromatic ring is 1. The molecule has 0 bridgehead atoms. The van der Waals surface area contributed by atoms with Crippen molar-refractivity contribution in [3.63, 3.8) is 0 Å². The molecular weight excluding hydrogens is 340 g/mol. The number of hydrogen-bond donors (Lipinski definition) is 2. The van der Waals surface area contributed by atoms with Crippen LogP contribution in [-0.2, 0) is 4.74 Å². The number of amides is 1. The maximum Gasteiger partial charge on any atom is 0.412 e. The van der Waals surface area contributed by atoms with Crippen molar-refractivity contribution in [2.75, 3.05) is 30.5 Å². The molecule has 0 atom stereocenters. The fraction of sp³-hybridized carbons (Fsp3) is 0.235. The number of ether oxygens (including phenoxy) is 2. The molecule has 1 amide bonds. The van der Waals surface area contributed by atoms with Crippen molar-refractivity contribution in [2.45, 2.75) is 11.8 Å². The predicted octanol–water partition coefficient (Wildman–Crippen LogP) is 3.07. The molecule has 0 saturated heterocycles. The van der Waals surface area contributed by atoms with Gasteiger partial charge >= 0.3 is 6.09 Å². The summed E-state index contributed by atoms with van der Waals surface area (Å²) >= 11 is 1.56. The van der Waals surface area contributed by atoms with E-state index in [0.717, 1.165) is 16.2 Å². The summed E-state index contributed by atoms with van der Waals surface area (Å²) in [5.74, 6) is 1.89. The Hall–Kier alpha value is -2.92. The molecular formula is C17H16N4O3S. The van der Waals surface area contributed by atoms with Crippen LogP contribution in [-0.4, -0.2) is 36.3 Å². The minimum absolute atomic E-state index is 0.237. The molecule has 3 N–H and O–H groups in total. The number of pyridine rings is 1. The summed E-state index contributed by atoms with van der Waals surface area (Å²) in [6.07, 6.45) is -0.569. The summed E-state index contributed by atoms with van der Waals surface area (Å²) in [4.78, 5) is 21.1. The van der Waals surface area contributed by atoms with Gasteiger partial charge in [-0.25, -0.2) is 14.8 Å². The van der Waals surface area contributed by atoms with Crippen LogP contribution in [0.1, 0.15) is 12.5 Å². The van der Waals surface area contributed by atoms with Crippen molar-refractivity contribution in [3.8, 4) is 5.75 Å². The van der Waals surface area contributed by atoms with Crippen LogP contribution in [0.15, 0.2) is 28.1 Å². The van der Waals surface area contributed by atoms with Gasteiger partial charge in [0.15, 0.2) is 5.82 Å². The number of methoxy groups -OCH3 is 1. The number of anilines is 2. The van der Waals surface area contributed by atoms with Crippen LogP contribution in [0.3, 0.4) is 0 Å². The molecule has 1 aliphatic heterocycles. The fourth-order valence-corrected chi connectivity index (χ4v) is 3.22. The summed E-state index contributed by atoms with van der Waals surface area (Å²) < 4.78 is 10.1. The minimum Gasteiger partial charge on any atom is -0.496 e. The zero-order chi connectivity index (χ0) is 17.8. The second-order valence-electron chi connectivity index (χ2n) is 5.01. The zero-order valence-electron chi connectivity index (χ0n) is 13.8. The molecule has 1 aromatic heterocycles. The van der Waals surface area contributed by atoms with Crippen molar-refractivity contribution in [1.29, 1.82) is 0 Å². The van der Waals surface area contributed by atoms with Crippen LogP contribution in [0.25, 0.3) is 0 Å². The van der Waals surface area contributed by atoms with Crippen LogP contribution < -0.4 is 15.8 Å². The summed E-state index contributed by atoms with van der Waals surface area (Å²) in [7, 11) is 1.60. The first-order valence-electron chi connectivity index (χ1n) is 7.53. The normalized spacial score (nSPS) is 12.5. The van der Waals surface area contributed by atoms with E-state index in [0.29, 0.717) is 23.0 Å². The van der Waals surface area contributed by atoms with Gasteiger partial charge in [0.25, 0.3) is 0 Å². The maximum absolute atomic E-state index is 11.5. The molecule has 0 saturated carbocycles. The Kier molecular flexibility index (Phi) is 4.95. The van der Waals surface area contributed by atoms with E-state index in [1.165, 1.54) is 0 Å². The summed E-state index contributed by atoms with van der Waals surface area (Å²) in [6, 6.07) is 11.2. The monoisotopic (exact) mass is 356 g/mol. The number of aromatic nitrogens is 1. The van der Waals surface area contributed by atoms with Gasteiger partial charge in [0.1, 0.15) is 17.3 Å². The van der Waals surface area contributed by atoms with Gasteiger partial charge in [0, 0.05) is 16.7 Å². The van der Waals surface area contributed by atoms with Crippen molar-refractivity contribution >= 4 is 40.9 Å². The highest BCUT2D eigenvalue weighted by Crippen LogP contribution is 2.40. The molecule has 0 aliphatic carbocycles. The Labute approximate surface area is 149 Å². The second kappa shape index (κ2) is 7.32. The lowest BCUT2D eigenvalue weighted by molar-refractivity contribution is 0.168. The summed E-state index contributed by atoms with van der Waals surface area (Å²) in [6.45, 7) is 2.01. The maximum atomic E-state index is 11.5. The van der Waals surface area contributed by atoms with E-state index in [9.17, 15) is 4.79 Å². The van der Waals surface area contributed by atoms with Crippen LogP contribution in [0.4, 0.5) is 22.1 Å². The van der Waals surface area contributed by atoms with E-state index < -0.39 is 6.09 Å². The molecule has 1 aromatic carbocycles. The Balaban J connectivity index is 1.90. The van der Waals surface area contributed by atoms with Crippen LogP contribution in [0.5, 0.6) is 5.75 Å². The van der Waals surface area contributed by atoms with Gasteiger partial charge < -0.3 is 15.2 Å². The fourth-order valence-electron chi connectivity index (χ4n) is 2.22. The molecule has 2 aromatic rings. The van der Waals surface area contributed by atoms with Gasteiger partial charge in [-0.2, -0.15) is 0 Å². The van der Waals surface area contributed by atoms with Gasteiger partial charge in [-0.15, -0.1) is 11.8 Å². The SMILES string of the molecule is CCOC(=O)Nc1cc2c(c(N)n1)N=C(c1c#ccc(OC)c1)CS2. The quantitative estimate of drug-likeness (QED) is 0.873. The number of hydrogen-bond acceptors (Lipinski definition) is 7. The van der Waals surface area contributed by atoms with E-state index >= 15 is 0 Å². The Morgan fingerprint density at radius 2 is 2.32 bits per heavy atom. The predicted molar refractivity (Wildman–Crippen MR) is 96.9 cm³/mol. The van der Waals surface area contributed by atoms with E-state index in [-0.39, 0.29) is 12.4 Å². The number of nitrogens with one attached hydrogen (secondary N) is 1. The number of carbonyl (C=O) groups is 1. The van der Waals surface area contributed by atoms with E-state index in [1.807, 2.05) is 6.07 Å². The molecule has 2 heterocycles. The van der Waals surface area contributed by atoms with Gasteiger partial charge in [0.05, 0.1) is 25.0 Å². The average Bonchev–Trinajstić information content (AvgIpc) is 2.61. The molecule has 0 radical (unpaired) electrons. The van der Waals surface area contributed by atoms with Crippen LogP contribution >= 0.6 is 11.8 Å². The number of thioether (sulfide) groups is 1. The number of rotatable bonds is 4. The molecule has 0 spiro atoms. The van der Waals surface area contributed by atoms with Gasteiger partial charge in [0.2, 0.25) is 0 Å². The third-order valence-corrected chi connectivity index (χ3v) is 4.40. The number of nitrogens with two attached hydrogens (primary N) is 1. The van der Waals surface area contributed by atoms with E-state index in [4.69, 9.17) is 15.2 Å². The summed E-state index contributed by atoms with van der Waals surface area (Å²) in [5.41, 5.74) is 8.21. The standard InChI is InChI=1S/C17H16N4O3S/c1-3-24-17(22)21-14-8-13-15(16(18)20-14)19-12(9-25-13)10-5-4-6-11(7-10)23-2/h6-8H,3,9H2,1-2H3,(H3,18,20,21,22). The third kappa shape index (κ3) is 3.78. The van der Waals surface area contributed by atoms with Crippen molar-refractivity contribution in [1.82, 2.24) is 4.98 Å². The molecule has 1 aliphatic rings. The summed E-state index contributed by atoms with van der Waals surface area (Å²) in [5, 5.41) is 2.55. The number of fused-ring (bicyclic) bond motifs is 1. The third-order valence-electron chi connectivity index (χ3n) is 3.36. The first-order valence-corrected chi connectivity index (χ1v) is 8.51. The molecule has 25 heavy (non-hydrogen) atoms. The topological polar surface area (TPSA) is 98.8 Å². The molecule has 3 rings (SSSR count). The lowest BCUT2D eigenvalue weighted by Crippen LogP contribution is -2.15. The average molecular weight is 356 g/mol. The highest BCUT2D eigenvalue weighted by Gasteiger charge is 2.19. The first-order chi connectivity index (χ1) is 12.1. The Morgan fingerprint density at radius 1 is 1.48 bits per heavy atom. The molecule has 7 nitrogen and oxygen atoms in total. The Bertz CT molecular complexity index is 839. The largest absolute Gasteiger partial charge is 0.496 e. The second-order valence-corrected chi connectivity index (χ2v) is 6.03. The molecule has 0 unspecified atom stereocenters. The van der Waals surface area contributed by atoms with Crippen molar-refractivity contribution < 1.29 is 14.3 Å². The zero-order valence-corrected chi connectivity index (χ0v) is 14.6. The van der Waals surface area contributed by atoms with Gasteiger partial charge in [-0.05, 0) is 19.1 Å². The minimum atomic E-state index is -0.569. The van der Waals surface area contributed by atoms with E-state index in [2.05, 4.69) is 27.4 Å². The number of nitrogens with zero attached hydrogens (tertiary/aromatic N) is 2. The highest BCUT2D eigenvalue weighted by atomic mass is 32.2.